The maximum Gasteiger partial charge on any atom is 0.164 e. The second kappa shape index (κ2) is 11.4. The lowest BCUT2D eigenvalue weighted by Crippen LogP contribution is -2.42. The predicted octanol–water partition coefficient (Wildman–Crippen LogP) is 10.8. The summed E-state index contributed by atoms with van der Waals surface area (Å²) < 4.78 is 0. The Morgan fingerprint density at radius 2 is 1.04 bits per heavy atom. The van der Waals surface area contributed by atoms with Crippen molar-refractivity contribution in [2.24, 2.45) is 17.8 Å². The molecule has 2 unspecified atom stereocenters. The molecule has 0 amide bonds. The number of hydrogen-bond donors (Lipinski definition) is 0. The molecule has 5 aromatic carbocycles. The third-order valence-electron chi connectivity index (χ3n) is 10.3. The average molecular weight is 586 g/mol. The van der Waals surface area contributed by atoms with E-state index in [4.69, 9.17) is 15.0 Å². The van der Waals surface area contributed by atoms with Gasteiger partial charge in [-0.1, -0.05) is 129 Å². The second-order valence-electron chi connectivity index (χ2n) is 13.8. The smallest absolute Gasteiger partial charge is 0.164 e. The highest BCUT2D eigenvalue weighted by molar-refractivity contribution is 5.90. The van der Waals surface area contributed by atoms with Crippen molar-refractivity contribution in [1.29, 1.82) is 0 Å². The van der Waals surface area contributed by atoms with Crippen LogP contribution in [-0.4, -0.2) is 15.0 Å². The van der Waals surface area contributed by atoms with Crippen molar-refractivity contribution in [3.05, 3.63) is 127 Å². The topological polar surface area (TPSA) is 38.7 Å². The summed E-state index contributed by atoms with van der Waals surface area (Å²) in [6.45, 7) is 4.91. The summed E-state index contributed by atoms with van der Waals surface area (Å²) in [5, 5.41) is 2.45. The van der Waals surface area contributed by atoms with E-state index < -0.39 is 0 Å². The van der Waals surface area contributed by atoms with Gasteiger partial charge in [-0.2, -0.15) is 0 Å². The zero-order valence-corrected chi connectivity index (χ0v) is 26.2. The van der Waals surface area contributed by atoms with Gasteiger partial charge in [0.15, 0.2) is 17.5 Å². The van der Waals surface area contributed by atoms with Crippen LogP contribution in [0.25, 0.3) is 56.1 Å². The zero-order chi connectivity index (χ0) is 30.4. The Balaban J connectivity index is 1.23. The Kier molecular flexibility index (Phi) is 7.05. The molecule has 2 aliphatic carbocycles. The van der Waals surface area contributed by atoms with Crippen LogP contribution in [0.4, 0.5) is 0 Å². The van der Waals surface area contributed by atoms with Gasteiger partial charge in [-0.3, -0.25) is 0 Å². The van der Waals surface area contributed by atoms with Gasteiger partial charge in [-0.05, 0) is 88.8 Å². The average Bonchev–Trinajstić information content (AvgIpc) is 3.07. The molecule has 2 fully saturated rings. The van der Waals surface area contributed by atoms with Crippen LogP contribution in [-0.2, 0) is 5.41 Å². The summed E-state index contributed by atoms with van der Waals surface area (Å²) in [5.74, 6) is 4.53. The van der Waals surface area contributed by atoms with Crippen LogP contribution in [0.1, 0.15) is 51.5 Å². The quantitative estimate of drug-likeness (QED) is 0.202. The summed E-state index contributed by atoms with van der Waals surface area (Å²) in [4.78, 5) is 15.3. The molecular formula is C42H39N3. The maximum atomic E-state index is 5.15. The van der Waals surface area contributed by atoms with Crippen molar-refractivity contribution in [3.63, 3.8) is 0 Å². The SMILES string of the molecule is C[C@@H]1CC2C[C@H](C)CC(c3ccc(-c4nc(-c5ccccc5)nc(-c5ccccc5-c5ccc6ccccc6c5)n4)cc3)(C2)C1. The lowest BCUT2D eigenvalue weighted by atomic mass is 9.54. The summed E-state index contributed by atoms with van der Waals surface area (Å²) in [5.41, 5.74) is 7.08. The summed E-state index contributed by atoms with van der Waals surface area (Å²) in [7, 11) is 0. The minimum atomic E-state index is 0.302. The minimum Gasteiger partial charge on any atom is -0.208 e. The Hall–Kier alpha value is -4.63. The van der Waals surface area contributed by atoms with E-state index >= 15 is 0 Å². The van der Waals surface area contributed by atoms with Gasteiger partial charge in [-0.25, -0.2) is 15.0 Å². The third-order valence-corrected chi connectivity index (χ3v) is 10.3. The molecule has 0 radical (unpaired) electrons. The van der Waals surface area contributed by atoms with E-state index in [2.05, 4.69) is 117 Å². The molecule has 2 aliphatic rings. The van der Waals surface area contributed by atoms with Crippen LogP contribution in [0.15, 0.2) is 121 Å². The van der Waals surface area contributed by atoms with Crippen molar-refractivity contribution < 1.29 is 0 Å². The van der Waals surface area contributed by atoms with Crippen LogP contribution in [0.3, 0.4) is 0 Å². The van der Waals surface area contributed by atoms with Crippen molar-refractivity contribution in [1.82, 2.24) is 15.0 Å². The highest BCUT2D eigenvalue weighted by Gasteiger charge is 2.45. The molecule has 45 heavy (non-hydrogen) atoms. The predicted molar refractivity (Wildman–Crippen MR) is 186 cm³/mol. The molecule has 2 bridgehead atoms. The molecule has 0 saturated heterocycles. The molecule has 222 valence electrons. The van der Waals surface area contributed by atoms with E-state index in [1.165, 1.54) is 48.4 Å². The van der Waals surface area contributed by atoms with E-state index in [0.717, 1.165) is 45.6 Å². The van der Waals surface area contributed by atoms with Crippen molar-refractivity contribution in [2.45, 2.75) is 51.4 Å². The normalized spacial score (nSPS) is 22.8. The van der Waals surface area contributed by atoms with Gasteiger partial charge in [0.25, 0.3) is 0 Å². The molecule has 0 spiro atoms. The number of nitrogens with zero attached hydrogens (tertiary/aromatic N) is 3. The fraction of sp³-hybridized carbons (Fsp3) is 0.262. The molecule has 1 heterocycles. The van der Waals surface area contributed by atoms with Gasteiger partial charge in [0.05, 0.1) is 0 Å². The lowest BCUT2D eigenvalue weighted by molar-refractivity contribution is 0.0780. The van der Waals surface area contributed by atoms with E-state index in [1.54, 1.807) is 0 Å². The standard InChI is InChI=1S/C42H39N3/c1-28-22-30-23-29(2)26-42(25-28,27-30)36-20-18-33(19-21-36)40-43-39(32-11-4-3-5-12-32)44-41(45-40)38-15-9-8-14-37(38)35-17-16-31-10-6-7-13-34(31)24-35/h3-21,24,28-30H,22-23,25-27H2,1-2H3/t28-,29+,30?,42?. The molecular weight excluding hydrogens is 546 g/mol. The van der Waals surface area contributed by atoms with Crippen LogP contribution in [0.2, 0.25) is 0 Å². The second-order valence-corrected chi connectivity index (χ2v) is 13.8. The van der Waals surface area contributed by atoms with Gasteiger partial charge < -0.3 is 0 Å². The molecule has 8 rings (SSSR count). The first-order valence-corrected chi connectivity index (χ1v) is 16.5. The largest absolute Gasteiger partial charge is 0.208 e. The summed E-state index contributed by atoms with van der Waals surface area (Å²) in [6.07, 6.45) is 6.71. The molecule has 0 aliphatic heterocycles. The first-order chi connectivity index (χ1) is 22.0. The molecule has 2 saturated carbocycles. The van der Waals surface area contributed by atoms with Gasteiger partial charge in [0.2, 0.25) is 0 Å². The van der Waals surface area contributed by atoms with Gasteiger partial charge >= 0.3 is 0 Å². The van der Waals surface area contributed by atoms with Crippen LogP contribution < -0.4 is 0 Å². The fourth-order valence-electron chi connectivity index (χ4n) is 8.66. The molecule has 1 aromatic heterocycles. The number of aromatic nitrogens is 3. The molecule has 4 atom stereocenters. The molecule has 0 N–H and O–H groups in total. The Morgan fingerprint density at radius 3 is 1.76 bits per heavy atom. The summed E-state index contributed by atoms with van der Waals surface area (Å²) >= 11 is 0. The van der Waals surface area contributed by atoms with Crippen molar-refractivity contribution >= 4 is 10.8 Å². The fourth-order valence-corrected chi connectivity index (χ4v) is 8.66. The maximum absolute atomic E-state index is 5.15. The third kappa shape index (κ3) is 5.35. The zero-order valence-electron chi connectivity index (χ0n) is 26.2. The highest BCUT2D eigenvalue weighted by atomic mass is 15.0. The van der Waals surface area contributed by atoms with Crippen LogP contribution >= 0.6 is 0 Å². The molecule has 3 nitrogen and oxygen atoms in total. The summed E-state index contributed by atoms with van der Waals surface area (Å²) in [6, 6.07) is 43.1. The van der Waals surface area contributed by atoms with Crippen molar-refractivity contribution in [2.75, 3.05) is 0 Å². The Morgan fingerprint density at radius 1 is 0.489 bits per heavy atom. The first kappa shape index (κ1) is 27.9. The Labute approximate surface area is 266 Å². The van der Waals surface area contributed by atoms with Gasteiger partial charge in [0.1, 0.15) is 0 Å². The number of fused-ring (bicyclic) bond motifs is 3. The highest BCUT2D eigenvalue weighted by Crippen LogP contribution is 2.54. The number of rotatable bonds is 5. The Bertz CT molecular complexity index is 1960. The van der Waals surface area contributed by atoms with Crippen LogP contribution in [0.5, 0.6) is 0 Å². The minimum absolute atomic E-state index is 0.302. The lowest BCUT2D eigenvalue weighted by Gasteiger charge is -2.50. The van der Waals surface area contributed by atoms with E-state index in [0.29, 0.717) is 22.9 Å². The van der Waals surface area contributed by atoms with E-state index in [-0.39, 0.29) is 0 Å². The number of hydrogen-bond acceptors (Lipinski definition) is 3. The monoisotopic (exact) mass is 585 g/mol. The molecule has 3 heteroatoms. The first-order valence-electron chi connectivity index (χ1n) is 16.5. The van der Waals surface area contributed by atoms with Gasteiger partial charge in [0, 0.05) is 16.7 Å². The van der Waals surface area contributed by atoms with E-state index in [1.807, 2.05) is 18.2 Å². The van der Waals surface area contributed by atoms with Crippen LogP contribution in [0, 0.1) is 17.8 Å². The van der Waals surface area contributed by atoms with Crippen molar-refractivity contribution in [3.8, 4) is 45.3 Å². The van der Waals surface area contributed by atoms with E-state index in [9.17, 15) is 0 Å². The number of benzene rings is 5. The van der Waals surface area contributed by atoms with Gasteiger partial charge in [-0.15, -0.1) is 0 Å². The molecule has 6 aromatic rings.